The highest BCUT2D eigenvalue weighted by atomic mass is 32.1. The Morgan fingerprint density at radius 1 is 0.291 bits per heavy atom. The van der Waals surface area contributed by atoms with Crippen LogP contribution >= 0.6 is 11.3 Å². The van der Waals surface area contributed by atoms with E-state index in [-0.39, 0.29) is 0 Å². The molecule has 55 heavy (non-hydrogen) atoms. The normalized spacial score (nSPS) is 11.6. The molecule has 256 valence electrons. The van der Waals surface area contributed by atoms with Crippen LogP contribution in [0.2, 0.25) is 0 Å². The molecule has 0 saturated heterocycles. The van der Waals surface area contributed by atoms with Crippen LogP contribution in [0.25, 0.3) is 109 Å². The molecule has 0 spiro atoms. The highest BCUT2D eigenvalue weighted by molar-refractivity contribution is 7.25. The van der Waals surface area contributed by atoms with Crippen LogP contribution in [0.4, 0.5) is 0 Å². The molecule has 0 unspecified atom stereocenters. The Hall–Kier alpha value is -7.01. The van der Waals surface area contributed by atoms with Crippen LogP contribution in [0.1, 0.15) is 0 Å². The van der Waals surface area contributed by atoms with Crippen molar-refractivity contribution in [3.8, 4) is 56.4 Å². The Kier molecular flexibility index (Phi) is 7.35. The Labute approximate surface area is 321 Å². The SMILES string of the molecule is c1ccc(-c2ccccc2-c2nc(-c3cccc(-c4ccc5c(c4)sc4ccccc45)c3)nc(-c3c4ccccc4cc4c3ccc3ccccc34)n2)cc1. The van der Waals surface area contributed by atoms with E-state index in [0.29, 0.717) is 17.5 Å². The van der Waals surface area contributed by atoms with E-state index >= 15 is 0 Å². The number of fused-ring (bicyclic) bond motifs is 7. The molecule has 4 heteroatoms. The molecule has 2 heterocycles. The standard InChI is InChI=1S/C51H31N3S/c1-2-13-32(14-3-1)38-19-8-9-23-44(38)50-52-49(37-18-12-17-34(29-37)35-26-27-42-41-22-10-11-24-46(41)55-47(42)31-35)53-51(54-50)48-40-21-7-5-16-36(40)30-45-39-20-6-4-15-33(39)25-28-43(45)48/h1-31H. The third kappa shape index (κ3) is 5.38. The van der Waals surface area contributed by atoms with Crippen LogP contribution in [-0.2, 0) is 0 Å². The van der Waals surface area contributed by atoms with E-state index in [4.69, 9.17) is 15.0 Å². The van der Waals surface area contributed by atoms with Crippen molar-refractivity contribution in [3.05, 3.63) is 188 Å². The zero-order valence-electron chi connectivity index (χ0n) is 29.6. The van der Waals surface area contributed by atoms with Crippen molar-refractivity contribution in [2.75, 3.05) is 0 Å². The van der Waals surface area contributed by atoms with Crippen LogP contribution in [0.3, 0.4) is 0 Å². The fraction of sp³-hybridized carbons (Fsp3) is 0. The van der Waals surface area contributed by atoms with Crippen LogP contribution in [0.5, 0.6) is 0 Å². The van der Waals surface area contributed by atoms with Gasteiger partial charge >= 0.3 is 0 Å². The molecule has 9 aromatic carbocycles. The fourth-order valence-electron chi connectivity index (χ4n) is 8.09. The monoisotopic (exact) mass is 717 g/mol. The van der Waals surface area contributed by atoms with Crippen molar-refractivity contribution in [1.29, 1.82) is 0 Å². The molecule has 0 fully saturated rings. The molecule has 0 aliphatic carbocycles. The van der Waals surface area contributed by atoms with Gasteiger partial charge in [0.15, 0.2) is 17.5 Å². The van der Waals surface area contributed by atoms with E-state index in [1.165, 1.54) is 36.3 Å². The summed E-state index contributed by atoms with van der Waals surface area (Å²) in [6.07, 6.45) is 0. The lowest BCUT2D eigenvalue weighted by molar-refractivity contribution is 1.08. The van der Waals surface area contributed by atoms with Gasteiger partial charge in [0, 0.05) is 36.9 Å². The quantitative estimate of drug-likeness (QED) is 0.131. The van der Waals surface area contributed by atoms with Crippen molar-refractivity contribution in [2.45, 2.75) is 0 Å². The summed E-state index contributed by atoms with van der Waals surface area (Å²) in [4.78, 5) is 16.0. The molecule has 2 aromatic heterocycles. The zero-order valence-corrected chi connectivity index (χ0v) is 30.5. The fourth-order valence-corrected chi connectivity index (χ4v) is 9.23. The smallest absolute Gasteiger partial charge is 0.165 e. The number of rotatable bonds is 5. The molecule has 3 nitrogen and oxygen atoms in total. The number of hydrogen-bond acceptors (Lipinski definition) is 4. The summed E-state index contributed by atoms with van der Waals surface area (Å²) < 4.78 is 2.58. The van der Waals surface area contributed by atoms with E-state index in [0.717, 1.165) is 55.1 Å². The Morgan fingerprint density at radius 2 is 0.909 bits per heavy atom. The topological polar surface area (TPSA) is 38.7 Å². The molecule has 0 atom stereocenters. The highest BCUT2D eigenvalue weighted by Crippen LogP contribution is 2.41. The second-order valence-corrected chi connectivity index (χ2v) is 15.0. The third-order valence-electron chi connectivity index (χ3n) is 10.7. The van der Waals surface area contributed by atoms with Crippen molar-refractivity contribution >= 4 is 63.8 Å². The Morgan fingerprint density at radius 3 is 1.80 bits per heavy atom. The lowest BCUT2D eigenvalue weighted by Gasteiger charge is -2.16. The van der Waals surface area contributed by atoms with E-state index in [1.807, 2.05) is 17.4 Å². The van der Waals surface area contributed by atoms with Gasteiger partial charge in [-0.1, -0.05) is 164 Å². The van der Waals surface area contributed by atoms with Crippen molar-refractivity contribution in [3.63, 3.8) is 0 Å². The minimum atomic E-state index is 0.634. The molecule has 0 bridgehead atoms. The number of nitrogens with zero attached hydrogens (tertiary/aromatic N) is 3. The van der Waals surface area contributed by atoms with Gasteiger partial charge < -0.3 is 0 Å². The van der Waals surface area contributed by atoms with Gasteiger partial charge in [0.2, 0.25) is 0 Å². The summed E-state index contributed by atoms with van der Waals surface area (Å²) in [7, 11) is 0. The van der Waals surface area contributed by atoms with Gasteiger partial charge in [-0.3, -0.25) is 0 Å². The number of thiophene rings is 1. The largest absolute Gasteiger partial charge is 0.208 e. The highest BCUT2D eigenvalue weighted by Gasteiger charge is 2.20. The lowest BCUT2D eigenvalue weighted by Crippen LogP contribution is -2.02. The van der Waals surface area contributed by atoms with Crippen LogP contribution in [0, 0.1) is 0 Å². The van der Waals surface area contributed by atoms with E-state index in [1.54, 1.807) is 0 Å². The summed E-state index contributed by atoms with van der Waals surface area (Å²) in [5.74, 6) is 1.92. The summed E-state index contributed by atoms with van der Waals surface area (Å²) >= 11 is 1.84. The van der Waals surface area contributed by atoms with Gasteiger partial charge in [0.25, 0.3) is 0 Å². The molecular weight excluding hydrogens is 687 g/mol. The zero-order chi connectivity index (χ0) is 36.3. The molecule has 11 rings (SSSR count). The van der Waals surface area contributed by atoms with Crippen LogP contribution in [0.15, 0.2) is 188 Å². The first-order valence-corrected chi connectivity index (χ1v) is 19.3. The Balaban J connectivity index is 1.16. The molecule has 0 amide bonds. The molecule has 0 aliphatic heterocycles. The average molecular weight is 718 g/mol. The Bertz CT molecular complexity index is 3270. The second kappa shape index (κ2) is 12.8. The number of hydrogen-bond donors (Lipinski definition) is 0. The van der Waals surface area contributed by atoms with Gasteiger partial charge in [-0.2, -0.15) is 0 Å². The van der Waals surface area contributed by atoms with Gasteiger partial charge in [0.1, 0.15) is 0 Å². The summed E-state index contributed by atoms with van der Waals surface area (Å²) in [5.41, 5.74) is 7.37. The van der Waals surface area contributed by atoms with Crippen molar-refractivity contribution < 1.29 is 0 Å². The first-order chi connectivity index (χ1) is 27.2. The summed E-state index contributed by atoms with van der Waals surface area (Å²) in [5, 5.41) is 9.55. The summed E-state index contributed by atoms with van der Waals surface area (Å²) in [6, 6.07) is 66.9. The first-order valence-electron chi connectivity index (χ1n) is 18.5. The minimum absolute atomic E-state index is 0.634. The van der Waals surface area contributed by atoms with E-state index in [2.05, 4.69) is 182 Å². The third-order valence-corrected chi connectivity index (χ3v) is 11.8. The van der Waals surface area contributed by atoms with Crippen LogP contribution in [-0.4, -0.2) is 15.0 Å². The van der Waals surface area contributed by atoms with Crippen LogP contribution < -0.4 is 0 Å². The molecule has 0 N–H and O–H groups in total. The molecule has 0 aliphatic rings. The molecule has 0 radical (unpaired) electrons. The van der Waals surface area contributed by atoms with E-state index < -0.39 is 0 Å². The maximum Gasteiger partial charge on any atom is 0.165 e. The summed E-state index contributed by atoms with van der Waals surface area (Å²) in [6.45, 7) is 0. The number of aromatic nitrogens is 3. The lowest BCUT2D eigenvalue weighted by atomic mass is 9.93. The molecule has 11 aromatic rings. The van der Waals surface area contributed by atoms with Gasteiger partial charge in [0.05, 0.1) is 0 Å². The van der Waals surface area contributed by atoms with E-state index in [9.17, 15) is 0 Å². The predicted octanol–water partition coefficient (Wildman–Crippen LogP) is 14.0. The van der Waals surface area contributed by atoms with Gasteiger partial charge in [-0.05, 0) is 78.8 Å². The second-order valence-electron chi connectivity index (χ2n) is 14.0. The first kappa shape index (κ1) is 31.5. The van der Waals surface area contributed by atoms with Gasteiger partial charge in [-0.25, -0.2) is 15.0 Å². The predicted molar refractivity (Wildman–Crippen MR) is 232 cm³/mol. The van der Waals surface area contributed by atoms with Crippen molar-refractivity contribution in [1.82, 2.24) is 15.0 Å². The van der Waals surface area contributed by atoms with Crippen molar-refractivity contribution in [2.24, 2.45) is 0 Å². The molecule has 0 saturated carbocycles. The molecular formula is C51H31N3S. The maximum absolute atomic E-state index is 5.38. The number of benzene rings is 9. The maximum atomic E-state index is 5.38. The van der Waals surface area contributed by atoms with Gasteiger partial charge in [-0.15, -0.1) is 11.3 Å². The minimum Gasteiger partial charge on any atom is -0.208 e. The average Bonchev–Trinajstić information content (AvgIpc) is 3.64.